The molecular weight excluding hydrogens is 358 g/mol. The number of halogens is 1. The summed E-state index contributed by atoms with van der Waals surface area (Å²) in [6, 6.07) is 22.0. The van der Waals surface area contributed by atoms with Gasteiger partial charge in [0.15, 0.2) is 0 Å². The summed E-state index contributed by atoms with van der Waals surface area (Å²) in [5.41, 5.74) is 5.87. The van der Waals surface area contributed by atoms with E-state index in [0.717, 1.165) is 23.2 Å². The zero-order chi connectivity index (χ0) is 18.5. The lowest BCUT2D eigenvalue weighted by molar-refractivity contribution is 0.0697. The van der Waals surface area contributed by atoms with Crippen LogP contribution in [0.3, 0.4) is 0 Å². The number of nitrogens with one attached hydrogen (secondary N) is 1. The predicted octanol–water partition coefficient (Wildman–Crippen LogP) is 5.51. The van der Waals surface area contributed by atoms with Gasteiger partial charge in [0.05, 0.1) is 17.3 Å². The van der Waals surface area contributed by atoms with Crippen LogP contribution in [0.5, 0.6) is 0 Å². The molecule has 0 spiro atoms. The second-order valence-electron chi connectivity index (χ2n) is 7.30. The van der Waals surface area contributed by atoms with E-state index in [1.54, 1.807) is 6.07 Å². The summed E-state index contributed by atoms with van der Waals surface area (Å²) in [4.78, 5) is 11.8. The first-order chi connectivity index (χ1) is 13.1. The van der Waals surface area contributed by atoms with E-state index in [2.05, 4.69) is 41.7 Å². The average Bonchev–Trinajstić information content (AvgIpc) is 3.06. The predicted molar refractivity (Wildman–Crippen MR) is 107 cm³/mol. The fourth-order valence-electron chi connectivity index (χ4n) is 4.80. The van der Waals surface area contributed by atoms with E-state index in [-0.39, 0.29) is 12.0 Å². The third-order valence-corrected chi connectivity index (χ3v) is 6.11. The summed E-state index contributed by atoms with van der Waals surface area (Å²) < 4.78 is 0. The van der Waals surface area contributed by atoms with Gasteiger partial charge in [-0.1, -0.05) is 60.1 Å². The third kappa shape index (κ3) is 2.54. The van der Waals surface area contributed by atoms with Crippen molar-refractivity contribution < 1.29 is 9.90 Å². The number of hydrogen-bond acceptors (Lipinski definition) is 2. The van der Waals surface area contributed by atoms with Crippen molar-refractivity contribution in [3.8, 4) is 0 Å². The molecule has 1 aliphatic heterocycles. The van der Waals surface area contributed by atoms with Crippen LogP contribution in [0.15, 0.2) is 66.7 Å². The van der Waals surface area contributed by atoms with E-state index in [1.165, 1.54) is 11.1 Å². The molecule has 0 aromatic heterocycles. The standard InChI is InChI=1S/C23H18ClNO2/c24-15-7-3-6-14(11-15)21-19-12-13-5-1-2-8-16(13)20(19)17-9-4-10-18(23(26)27)22(17)25-21/h1-11,19-21,25H,12H2,(H,26,27)/t19-,20+,21-/m1/s1. The molecule has 1 heterocycles. The molecule has 134 valence electrons. The summed E-state index contributed by atoms with van der Waals surface area (Å²) in [7, 11) is 0. The van der Waals surface area contributed by atoms with E-state index in [0.29, 0.717) is 16.5 Å². The highest BCUT2D eigenvalue weighted by molar-refractivity contribution is 6.30. The number of rotatable bonds is 2. The number of para-hydroxylation sites is 1. The topological polar surface area (TPSA) is 49.3 Å². The van der Waals surface area contributed by atoms with Crippen molar-refractivity contribution in [2.24, 2.45) is 5.92 Å². The molecule has 0 saturated carbocycles. The molecular formula is C23H18ClNO2. The van der Waals surface area contributed by atoms with Crippen LogP contribution in [0.25, 0.3) is 0 Å². The van der Waals surface area contributed by atoms with Gasteiger partial charge in [0.1, 0.15) is 0 Å². The number of benzene rings is 3. The summed E-state index contributed by atoms with van der Waals surface area (Å²) in [6.45, 7) is 0. The zero-order valence-electron chi connectivity index (χ0n) is 14.5. The lowest BCUT2D eigenvalue weighted by Crippen LogP contribution is -2.31. The average molecular weight is 376 g/mol. The largest absolute Gasteiger partial charge is 0.478 e. The second kappa shape index (κ2) is 6.14. The SMILES string of the molecule is O=C(O)c1cccc2c1N[C@H](c1cccc(Cl)c1)[C@@H]1Cc3ccccc3[C@@H]21. The maximum Gasteiger partial charge on any atom is 0.337 e. The van der Waals surface area contributed by atoms with Crippen LogP contribution < -0.4 is 5.32 Å². The second-order valence-corrected chi connectivity index (χ2v) is 7.73. The molecule has 3 nitrogen and oxygen atoms in total. The molecule has 3 atom stereocenters. The van der Waals surface area contributed by atoms with E-state index in [1.807, 2.05) is 24.3 Å². The highest BCUT2D eigenvalue weighted by Gasteiger charge is 2.44. The Balaban J connectivity index is 1.73. The molecule has 5 rings (SSSR count). The van der Waals surface area contributed by atoms with Crippen LogP contribution in [-0.2, 0) is 6.42 Å². The van der Waals surface area contributed by atoms with Gasteiger partial charge in [-0.3, -0.25) is 0 Å². The molecule has 27 heavy (non-hydrogen) atoms. The minimum Gasteiger partial charge on any atom is -0.478 e. The number of anilines is 1. The summed E-state index contributed by atoms with van der Waals surface area (Å²) >= 11 is 6.26. The molecule has 0 radical (unpaired) electrons. The van der Waals surface area contributed by atoms with Crippen LogP contribution in [0.1, 0.15) is 44.6 Å². The van der Waals surface area contributed by atoms with Crippen molar-refractivity contribution >= 4 is 23.3 Å². The van der Waals surface area contributed by atoms with Crippen LogP contribution in [-0.4, -0.2) is 11.1 Å². The minimum atomic E-state index is -0.908. The van der Waals surface area contributed by atoms with Gasteiger partial charge >= 0.3 is 5.97 Å². The minimum absolute atomic E-state index is 0.00843. The number of fused-ring (bicyclic) bond motifs is 5. The molecule has 0 bridgehead atoms. The van der Waals surface area contributed by atoms with Gasteiger partial charge in [-0.15, -0.1) is 0 Å². The molecule has 3 aromatic rings. The first-order valence-electron chi connectivity index (χ1n) is 9.09. The van der Waals surface area contributed by atoms with E-state index in [4.69, 9.17) is 11.6 Å². The lowest BCUT2D eigenvalue weighted by Gasteiger charge is -2.38. The number of carbonyl (C=O) groups is 1. The van der Waals surface area contributed by atoms with Crippen LogP contribution in [0.4, 0.5) is 5.69 Å². The van der Waals surface area contributed by atoms with Crippen molar-refractivity contribution in [3.63, 3.8) is 0 Å². The van der Waals surface area contributed by atoms with Gasteiger partial charge in [0.25, 0.3) is 0 Å². The number of carboxylic acids is 1. The number of hydrogen-bond donors (Lipinski definition) is 2. The third-order valence-electron chi connectivity index (χ3n) is 5.87. The Bertz CT molecular complexity index is 1060. The van der Waals surface area contributed by atoms with Crippen LogP contribution in [0, 0.1) is 5.92 Å². The maximum absolute atomic E-state index is 11.8. The molecule has 0 unspecified atom stereocenters. The number of aromatic carboxylic acids is 1. The van der Waals surface area contributed by atoms with Crippen LogP contribution in [0.2, 0.25) is 5.02 Å². The van der Waals surface area contributed by atoms with E-state index < -0.39 is 5.97 Å². The van der Waals surface area contributed by atoms with Gasteiger partial charge < -0.3 is 10.4 Å². The number of carboxylic acid groups (broad SMARTS) is 1. The molecule has 3 aromatic carbocycles. The Morgan fingerprint density at radius 1 is 1.00 bits per heavy atom. The fraction of sp³-hybridized carbons (Fsp3) is 0.174. The first kappa shape index (κ1) is 16.4. The van der Waals surface area contributed by atoms with Gasteiger partial charge in [0.2, 0.25) is 0 Å². The molecule has 0 fully saturated rings. The quantitative estimate of drug-likeness (QED) is 0.621. The molecule has 2 N–H and O–H groups in total. The van der Waals surface area contributed by atoms with Crippen LogP contribution >= 0.6 is 11.6 Å². The van der Waals surface area contributed by atoms with Gasteiger partial charge in [0, 0.05) is 10.9 Å². The van der Waals surface area contributed by atoms with Crippen molar-refractivity contribution in [1.82, 2.24) is 0 Å². The first-order valence-corrected chi connectivity index (χ1v) is 9.47. The Hall–Kier alpha value is -2.78. The fourth-order valence-corrected chi connectivity index (χ4v) is 4.99. The smallest absolute Gasteiger partial charge is 0.337 e. The molecule has 2 aliphatic rings. The van der Waals surface area contributed by atoms with Crippen molar-refractivity contribution in [2.75, 3.05) is 5.32 Å². The van der Waals surface area contributed by atoms with E-state index in [9.17, 15) is 9.90 Å². The van der Waals surface area contributed by atoms with Gasteiger partial charge in [-0.05, 0) is 52.8 Å². The van der Waals surface area contributed by atoms with Gasteiger partial charge in [-0.2, -0.15) is 0 Å². The van der Waals surface area contributed by atoms with Crippen molar-refractivity contribution in [3.05, 3.63) is 99.6 Å². The summed E-state index contributed by atoms with van der Waals surface area (Å²) in [5.74, 6) is -0.410. The molecule has 1 aliphatic carbocycles. The summed E-state index contributed by atoms with van der Waals surface area (Å²) in [6.07, 6.45) is 0.960. The zero-order valence-corrected chi connectivity index (χ0v) is 15.3. The Kier molecular flexibility index (Phi) is 3.73. The maximum atomic E-state index is 11.8. The molecule has 0 amide bonds. The Labute approximate surface area is 162 Å². The monoisotopic (exact) mass is 375 g/mol. The van der Waals surface area contributed by atoms with E-state index >= 15 is 0 Å². The molecule has 4 heteroatoms. The normalized spacial score (nSPS) is 22.3. The Morgan fingerprint density at radius 2 is 1.78 bits per heavy atom. The lowest BCUT2D eigenvalue weighted by atomic mass is 9.75. The highest BCUT2D eigenvalue weighted by atomic mass is 35.5. The van der Waals surface area contributed by atoms with Gasteiger partial charge in [-0.25, -0.2) is 4.79 Å². The van der Waals surface area contributed by atoms with Crippen molar-refractivity contribution in [1.29, 1.82) is 0 Å². The molecule has 0 saturated heterocycles. The highest BCUT2D eigenvalue weighted by Crippen LogP contribution is 2.54. The summed E-state index contributed by atoms with van der Waals surface area (Å²) in [5, 5.41) is 14.0. The Morgan fingerprint density at radius 3 is 2.59 bits per heavy atom. The van der Waals surface area contributed by atoms with Crippen molar-refractivity contribution in [2.45, 2.75) is 18.4 Å².